The molecular weight excluding hydrogens is 320 g/mol. The van der Waals surface area contributed by atoms with Crippen molar-refractivity contribution in [1.82, 2.24) is 4.98 Å². The fourth-order valence-electron chi connectivity index (χ4n) is 1.92. The van der Waals surface area contributed by atoms with Crippen LogP contribution in [-0.4, -0.2) is 24.0 Å². The van der Waals surface area contributed by atoms with Crippen LogP contribution >= 0.6 is 22.7 Å². The molecule has 118 valence electrons. The summed E-state index contributed by atoms with van der Waals surface area (Å²) in [6, 6.07) is 2.13. The number of thiophene rings is 1. The van der Waals surface area contributed by atoms with Gasteiger partial charge in [0.25, 0.3) is 0 Å². The summed E-state index contributed by atoms with van der Waals surface area (Å²) in [7, 11) is 1.41. The number of nitrogens with one attached hydrogen (secondary N) is 1. The molecule has 0 aromatic carbocycles. The van der Waals surface area contributed by atoms with Crippen molar-refractivity contribution in [1.29, 1.82) is 0 Å². The van der Waals surface area contributed by atoms with Crippen LogP contribution in [0.2, 0.25) is 0 Å². The number of hydrogen-bond acceptors (Lipinski definition) is 6. The summed E-state index contributed by atoms with van der Waals surface area (Å²) in [4.78, 5) is 27.7. The number of rotatable bonds is 7. The zero-order valence-corrected chi connectivity index (χ0v) is 14.2. The summed E-state index contributed by atoms with van der Waals surface area (Å²) in [6.07, 6.45) is 2.88. The molecule has 0 saturated heterocycles. The van der Waals surface area contributed by atoms with Crippen LogP contribution in [0, 0.1) is 0 Å². The second-order valence-corrected chi connectivity index (χ2v) is 6.68. The number of anilines is 1. The molecule has 7 heteroatoms. The number of aromatic nitrogens is 1. The Labute approximate surface area is 137 Å². The standard InChI is InChI=1S/C15H18N2O3S2/c1-10(18)16-15-17-12(9-22-15)4-3-11-7-13(21-8-11)5-6-14(19)20-2/h7-9H,3-6H2,1-2H3,(H,16,17,18). The molecule has 0 atom stereocenters. The molecule has 0 bridgehead atoms. The van der Waals surface area contributed by atoms with Gasteiger partial charge in [0.2, 0.25) is 5.91 Å². The number of nitrogens with zero attached hydrogens (tertiary/aromatic N) is 1. The third-order valence-corrected chi connectivity index (χ3v) is 4.87. The van der Waals surface area contributed by atoms with Gasteiger partial charge in [-0.15, -0.1) is 22.7 Å². The molecule has 0 aliphatic carbocycles. The molecule has 1 N–H and O–H groups in total. The first kappa shape index (κ1) is 16.6. The van der Waals surface area contributed by atoms with E-state index in [-0.39, 0.29) is 11.9 Å². The fourth-order valence-corrected chi connectivity index (χ4v) is 3.64. The van der Waals surface area contributed by atoms with Crippen LogP contribution in [-0.2, 0) is 33.6 Å². The van der Waals surface area contributed by atoms with Crippen LogP contribution in [0.5, 0.6) is 0 Å². The number of hydrogen-bond donors (Lipinski definition) is 1. The van der Waals surface area contributed by atoms with E-state index in [1.54, 1.807) is 11.3 Å². The molecule has 0 unspecified atom stereocenters. The number of methoxy groups -OCH3 is 1. The lowest BCUT2D eigenvalue weighted by atomic mass is 10.1. The van der Waals surface area contributed by atoms with E-state index >= 15 is 0 Å². The van der Waals surface area contributed by atoms with Gasteiger partial charge in [-0.25, -0.2) is 4.98 Å². The van der Waals surface area contributed by atoms with E-state index in [4.69, 9.17) is 0 Å². The predicted octanol–water partition coefficient (Wildman–Crippen LogP) is 3.05. The molecule has 2 aromatic rings. The SMILES string of the molecule is COC(=O)CCc1cc(CCc2csc(NC(C)=O)n2)cs1. The van der Waals surface area contributed by atoms with Gasteiger partial charge in [-0.3, -0.25) is 9.59 Å². The third kappa shape index (κ3) is 5.23. The highest BCUT2D eigenvalue weighted by Crippen LogP contribution is 2.20. The molecule has 0 radical (unpaired) electrons. The molecule has 5 nitrogen and oxygen atoms in total. The molecule has 2 heterocycles. The minimum absolute atomic E-state index is 0.103. The second-order valence-electron chi connectivity index (χ2n) is 4.82. The van der Waals surface area contributed by atoms with Gasteiger partial charge < -0.3 is 10.1 Å². The molecule has 1 amide bonds. The topological polar surface area (TPSA) is 68.3 Å². The summed E-state index contributed by atoms with van der Waals surface area (Å²) < 4.78 is 4.64. The van der Waals surface area contributed by atoms with Crippen molar-refractivity contribution >= 4 is 39.7 Å². The van der Waals surface area contributed by atoms with Crippen LogP contribution in [0.1, 0.15) is 29.5 Å². The van der Waals surface area contributed by atoms with Gasteiger partial charge in [-0.2, -0.15) is 0 Å². The van der Waals surface area contributed by atoms with Gasteiger partial charge in [0.15, 0.2) is 5.13 Å². The van der Waals surface area contributed by atoms with Gasteiger partial charge in [-0.1, -0.05) is 0 Å². The van der Waals surface area contributed by atoms with E-state index in [0.717, 1.165) is 25.0 Å². The van der Waals surface area contributed by atoms with E-state index in [0.29, 0.717) is 11.6 Å². The molecule has 2 aromatic heterocycles. The molecule has 0 saturated carbocycles. The van der Waals surface area contributed by atoms with Gasteiger partial charge in [0.05, 0.1) is 19.2 Å². The lowest BCUT2D eigenvalue weighted by molar-refractivity contribution is -0.140. The van der Waals surface area contributed by atoms with Crippen LogP contribution in [0.25, 0.3) is 0 Å². The third-order valence-electron chi connectivity index (χ3n) is 3.02. The van der Waals surface area contributed by atoms with Crippen LogP contribution < -0.4 is 5.32 Å². The average molecular weight is 338 g/mol. The Morgan fingerprint density at radius 3 is 2.77 bits per heavy atom. The van der Waals surface area contributed by atoms with Crippen LogP contribution in [0.3, 0.4) is 0 Å². The lowest BCUT2D eigenvalue weighted by Gasteiger charge is -1.97. The first-order valence-electron chi connectivity index (χ1n) is 6.92. The number of thiazole rings is 1. The van der Waals surface area contributed by atoms with E-state index in [2.05, 4.69) is 26.5 Å². The molecule has 0 aliphatic rings. The van der Waals surface area contributed by atoms with Crippen LogP contribution in [0.4, 0.5) is 5.13 Å². The summed E-state index contributed by atoms with van der Waals surface area (Å²) in [5, 5.41) is 7.42. The van der Waals surface area contributed by atoms with E-state index in [9.17, 15) is 9.59 Å². The normalized spacial score (nSPS) is 10.5. The van der Waals surface area contributed by atoms with Gasteiger partial charge in [0.1, 0.15) is 0 Å². The highest BCUT2D eigenvalue weighted by Gasteiger charge is 2.07. The van der Waals surface area contributed by atoms with Crippen molar-refractivity contribution in [3.05, 3.63) is 33.0 Å². The second kappa shape index (κ2) is 8.05. The van der Waals surface area contributed by atoms with Crippen molar-refractivity contribution in [2.24, 2.45) is 0 Å². The summed E-state index contributed by atoms with van der Waals surface area (Å²) in [6.45, 7) is 1.47. The number of esters is 1. The predicted molar refractivity (Wildman–Crippen MR) is 88.5 cm³/mol. The zero-order valence-electron chi connectivity index (χ0n) is 12.5. The number of carbonyl (C=O) groups excluding carboxylic acids is 2. The van der Waals surface area contributed by atoms with Crippen molar-refractivity contribution in [2.45, 2.75) is 32.6 Å². The van der Waals surface area contributed by atoms with E-state index in [1.807, 2.05) is 5.38 Å². The average Bonchev–Trinajstić information content (AvgIpc) is 3.11. The summed E-state index contributed by atoms with van der Waals surface area (Å²) in [5.74, 6) is -0.281. The molecule has 0 spiro atoms. The van der Waals surface area contributed by atoms with E-state index in [1.165, 1.54) is 35.8 Å². The maximum Gasteiger partial charge on any atom is 0.305 e. The highest BCUT2D eigenvalue weighted by atomic mass is 32.1. The fraction of sp³-hybridized carbons (Fsp3) is 0.400. The minimum Gasteiger partial charge on any atom is -0.469 e. The van der Waals surface area contributed by atoms with Crippen molar-refractivity contribution < 1.29 is 14.3 Å². The maximum atomic E-state index is 11.1. The van der Waals surface area contributed by atoms with Crippen molar-refractivity contribution in [2.75, 3.05) is 12.4 Å². The monoisotopic (exact) mass is 338 g/mol. The number of aryl methyl sites for hydroxylation is 3. The highest BCUT2D eigenvalue weighted by molar-refractivity contribution is 7.13. The quantitative estimate of drug-likeness (QED) is 0.788. The van der Waals surface area contributed by atoms with Gasteiger partial charge >= 0.3 is 5.97 Å². The van der Waals surface area contributed by atoms with Crippen molar-refractivity contribution in [3.63, 3.8) is 0 Å². The van der Waals surface area contributed by atoms with Crippen molar-refractivity contribution in [3.8, 4) is 0 Å². The Bertz CT molecular complexity index is 649. The smallest absolute Gasteiger partial charge is 0.305 e. The van der Waals surface area contributed by atoms with Gasteiger partial charge in [0, 0.05) is 17.2 Å². The lowest BCUT2D eigenvalue weighted by Crippen LogP contribution is -2.05. The maximum absolute atomic E-state index is 11.1. The molecule has 22 heavy (non-hydrogen) atoms. The minimum atomic E-state index is -0.178. The summed E-state index contributed by atoms with van der Waals surface area (Å²) in [5.41, 5.74) is 2.23. The molecule has 0 fully saturated rings. The zero-order chi connectivity index (χ0) is 15.9. The molecular formula is C15H18N2O3S2. The Kier molecular flexibility index (Phi) is 6.09. The number of ether oxygens (including phenoxy) is 1. The Morgan fingerprint density at radius 1 is 1.23 bits per heavy atom. The summed E-state index contributed by atoms with van der Waals surface area (Å²) >= 11 is 3.11. The van der Waals surface area contributed by atoms with E-state index < -0.39 is 0 Å². The first-order valence-corrected chi connectivity index (χ1v) is 8.68. The number of amides is 1. The van der Waals surface area contributed by atoms with Gasteiger partial charge in [-0.05, 0) is 36.3 Å². The number of carbonyl (C=O) groups is 2. The Balaban J connectivity index is 1.81. The largest absolute Gasteiger partial charge is 0.469 e. The Morgan fingerprint density at radius 2 is 2.05 bits per heavy atom. The molecule has 2 rings (SSSR count). The molecule has 0 aliphatic heterocycles. The Hall–Kier alpha value is -1.73. The first-order chi connectivity index (χ1) is 10.6. The van der Waals surface area contributed by atoms with Crippen LogP contribution in [0.15, 0.2) is 16.8 Å².